The number of rotatable bonds is 3. The van der Waals surface area contributed by atoms with Crippen molar-refractivity contribution in [1.29, 1.82) is 0 Å². The van der Waals surface area contributed by atoms with Crippen molar-refractivity contribution in [1.82, 2.24) is 9.88 Å². The average Bonchev–Trinajstić information content (AvgIpc) is 3.34. The lowest BCUT2D eigenvalue weighted by Crippen LogP contribution is -2.42. The van der Waals surface area contributed by atoms with Gasteiger partial charge in [0.15, 0.2) is 0 Å². The molecule has 112 valence electrons. The van der Waals surface area contributed by atoms with Gasteiger partial charge in [0.2, 0.25) is 11.8 Å². The number of hydrogen-bond acceptors (Lipinski definition) is 3. The highest BCUT2D eigenvalue weighted by atomic mass is 79.9. The molecule has 3 rings (SSSR count). The van der Waals surface area contributed by atoms with Gasteiger partial charge in [-0.1, -0.05) is 0 Å². The summed E-state index contributed by atoms with van der Waals surface area (Å²) in [5, 5.41) is 2.84. The molecule has 1 saturated carbocycles. The Morgan fingerprint density at radius 1 is 1.14 bits per heavy atom. The van der Waals surface area contributed by atoms with Crippen molar-refractivity contribution in [3.8, 4) is 0 Å². The number of piperidine rings is 1. The molecule has 0 radical (unpaired) electrons. The molecule has 0 unspecified atom stereocenters. The summed E-state index contributed by atoms with van der Waals surface area (Å²) in [6.07, 6.45) is 5.21. The summed E-state index contributed by atoms with van der Waals surface area (Å²) in [4.78, 5) is 30.2. The lowest BCUT2D eigenvalue weighted by molar-refractivity contribution is -0.135. The van der Waals surface area contributed by atoms with E-state index < -0.39 is 0 Å². The molecule has 1 saturated heterocycles. The van der Waals surface area contributed by atoms with E-state index >= 15 is 0 Å². The third-order valence-corrected chi connectivity index (χ3v) is 4.55. The molecule has 1 aromatic heterocycles. The van der Waals surface area contributed by atoms with Gasteiger partial charge in [0.1, 0.15) is 5.82 Å². The Kier molecular flexibility index (Phi) is 4.24. The van der Waals surface area contributed by atoms with E-state index in [4.69, 9.17) is 0 Å². The summed E-state index contributed by atoms with van der Waals surface area (Å²) < 4.78 is 0.882. The molecule has 0 aromatic carbocycles. The number of aromatic nitrogens is 1. The van der Waals surface area contributed by atoms with Crippen molar-refractivity contribution in [3.63, 3.8) is 0 Å². The number of carbonyl (C=O) groups excluding carboxylic acids is 2. The number of nitrogens with one attached hydrogen (secondary N) is 1. The SMILES string of the molecule is O=C(Nc1ccc(Br)cn1)C1CCN(C(=O)C2CC2)CC1. The molecule has 21 heavy (non-hydrogen) atoms. The second-order valence-corrected chi connectivity index (χ2v) is 6.64. The lowest BCUT2D eigenvalue weighted by atomic mass is 9.95. The summed E-state index contributed by atoms with van der Waals surface area (Å²) in [6.45, 7) is 1.39. The van der Waals surface area contributed by atoms with E-state index in [0.717, 1.165) is 30.2 Å². The summed E-state index contributed by atoms with van der Waals surface area (Å²) in [5.41, 5.74) is 0. The quantitative estimate of drug-likeness (QED) is 0.909. The van der Waals surface area contributed by atoms with Crippen LogP contribution in [-0.2, 0) is 9.59 Å². The largest absolute Gasteiger partial charge is 0.342 e. The maximum atomic E-state index is 12.2. The number of anilines is 1. The monoisotopic (exact) mass is 351 g/mol. The fourth-order valence-corrected chi connectivity index (χ4v) is 2.86. The van der Waals surface area contributed by atoms with E-state index in [1.165, 1.54) is 0 Å². The molecule has 2 fully saturated rings. The molecule has 0 bridgehead atoms. The van der Waals surface area contributed by atoms with E-state index in [9.17, 15) is 9.59 Å². The first kappa shape index (κ1) is 14.5. The number of hydrogen-bond donors (Lipinski definition) is 1. The normalized spacial score (nSPS) is 19.4. The number of likely N-dealkylation sites (tertiary alicyclic amines) is 1. The van der Waals surface area contributed by atoms with E-state index in [2.05, 4.69) is 26.2 Å². The van der Waals surface area contributed by atoms with Crippen LogP contribution in [0, 0.1) is 11.8 Å². The van der Waals surface area contributed by atoms with Gasteiger partial charge in [0, 0.05) is 35.6 Å². The van der Waals surface area contributed by atoms with Crippen LogP contribution in [0.25, 0.3) is 0 Å². The van der Waals surface area contributed by atoms with Gasteiger partial charge in [-0.25, -0.2) is 4.98 Å². The van der Waals surface area contributed by atoms with Crippen LogP contribution in [0.15, 0.2) is 22.8 Å². The number of pyridine rings is 1. The highest BCUT2D eigenvalue weighted by Gasteiger charge is 2.35. The van der Waals surface area contributed by atoms with Gasteiger partial charge in [-0.15, -0.1) is 0 Å². The third kappa shape index (κ3) is 3.61. The molecular weight excluding hydrogens is 334 g/mol. The fraction of sp³-hybridized carbons (Fsp3) is 0.533. The number of halogens is 1. The van der Waals surface area contributed by atoms with Crippen LogP contribution in [0.2, 0.25) is 0 Å². The zero-order chi connectivity index (χ0) is 14.8. The summed E-state index contributed by atoms with van der Waals surface area (Å²) in [7, 11) is 0. The van der Waals surface area contributed by atoms with Gasteiger partial charge in [-0.3, -0.25) is 9.59 Å². The highest BCUT2D eigenvalue weighted by Crippen LogP contribution is 2.32. The molecule has 1 aromatic rings. The Balaban J connectivity index is 1.50. The topological polar surface area (TPSA) is 62.3 Å². The van der Waals surface area contributed by atoms with Gasteiger partial charge in [-0.05, 0) is 53.7 Å². The van der Waals surface area contributed by atoms with E-state index in [0.29, 0.717) is 18.9 Å². The van der Waals surface area contributed by atoms with Crippen LogP contribution in [0.1, 0.15) is 25.7 Å². The molecular formula is C15H18BrN3O2. The van der Waals surface area contributed by atoms with Crippen LogP contribution in [0.4, 0.5) is 5.82 Å². The van der Waals surface area contributed by atoms with Crippen molar-refractivity contribution in [3.05, 3.63) is 22.8 Å². The molecule has 6 heteroatoms. The second kappa shape index (κ2) is 6.13. The third-order valence-electron chi connectivity index (χ3n) is 4.08. The van der Waals surface area contributed by atoms with Crippen molar-refractivity contribution >= 4 is 33.6 Å². The van der Waals surface area contributed by atoms with Crippen LogP contribution < -0.4 is 5.32 Å². The molecule has 0 atom stereocenters. The number of carbonyl (C=O) groups is 2. The van der Waals surface area contributed by atoms with Gasteiger partial charge >= 0.3 is 0 Å². The van der Waals surface area contributed by atoms with Crippen molar-refractivity contribution < 1.29 is 9.59 Å². The predicted octanol–water partition coefficient (Wildman–Crippen LogP) is 2.43. The minimum atomic E-state index is -0.0290. The molecule has 0 spiro atoms. The summed E-state index contributed by atoms with van der Waals surface area (Å²) >= 11 is 3.31. The Labute approximate surface area is 132 Å². The molecule has 1 aliphatic heterocycles. The molecule has 5 nitrogen and oxygen atoms in total. The minimum Gasteiger partial charge on any atom is -0.342 e. The molecule has 2 aliphatic rings. The Morgan fingerprint density at radius 2 is 1.86 bits per heavy atom. The maximum absolute atomic E-state index is 12.2. The second-order valence-electron chi connectivity index (χ2n) is 5.72. The Morgan fingerprint density at radius 3 is 2.43 bits per heavy atom. The Bertz CT molecular complexity index is 534. The van der Waals surface area contributed by atoms with Gasteiger partial charge < -0.3 is 10.2 Å². The zero-order valence-electron chi connectivity index (χ0n) is 11.7. The Hall–Kier alpha value is -1.43. The minimum absolute atomic E-state index is 0.00310. The maximum Gasteiger partial charge on any atom is 0.228 e. The lowest BCUT2D eigenvalue weighted by Gasteiger charge is -2.31. The highest BCUT2D eigenvalue weighted by molar-refractivity contribution is 9.10. The first-order valence-electron chi connectivity index (χ1n) is 7.34. The van der Waals surface area contributed by atoms with Crippen LogP contribution >= 0.6 is 15.9 Å². The van der Waals surface area contributed by atoms with Crippen molar-refractivity contribution in [2.24, 2.45) is 11.8 Å². The summed E-state index contributed by atoms with van der Waals surface area (Å²) in [5.74, 6) is 1.09. The number of nitrogens with zero attached hydrogens (tertiary/aromatic N) is 2. The van der Waals surface area contributed by atoms with Gasteiger partial charge in [-0.2, -0.15) is 0 Å². The van der Waals surface area contributed by atoms with Gasteiger partial charge in [0.05, 0.1) is 0 Å². The van der Waals surface area contributed by atoms with Crippen LogP contribution in [-0.4, -0.2) is 34.8 Å². The molecule has 1 aliphatic carbocycles. The van der Waals surface area contributed by atoms with Crippen molar-refractivity contribution in [2.45, 2.75) is 25.7 Å². The summed E-state index contributed by atoms with van der Waals surface area (Å²) in [6, 6.07) is 3.62. The van der Waals surface area contributed by atoms with Crippen LogP contribution in [0.5, 0.6) is 0 Å². The van der Waals surface area contributed by atoms with E-state index in [1.807, 2.05) is 11.0 Å². The predicted molar refractivity (Wildman–Crippen MR) is 82.6 cm³/mol. The van der Waals surface area contributed by atoms with E-state index in [1.54, 1.807) is 12.3 Å². The van der Waals surface area contributed by atoms with Crippen molar-refractivity contribution in [2.75, 3.05) is 18.4 Å². The smallest absolute Gasteiger partial charge is 0.228 e. The number of amides is 2. The average molecular weight is 352 g/mol. The standard InChI is InChI=1S/C15H18BrN3O2/c16-12-3-4-13(17-9-12)18-14(20)10-5-7-19(8-6-10)15(21)11-1-2-11/h3-4,9-11H,1-2,5-8H2,(H,17,18,20). The van der Waals surface area contributed by atoms with Crippen LogP contribution in [0.3, 0.4) is 0 Å². The molecule has 1 N–H and O–H groups in total. The van der Waals surface area contributed by atoms with E-state index in [-0.39, 0.29) is 23.7 Å². The fourth-order valence-electron chi connectivity index (χ4n) is 2.63. The van der Waals surface area contributed by atoms with Gasteiger partial charge in [0.25, 0.3) is 0 Å². The molecule has 2 heterocycles. The first-order chi connectivity index (χ1) is 10.1. The molecule has 2 amide bonds. The first-order valence-corrected chi connectivity index (χ1v) is 8.14. The zero-order valence-corrected chi connectivity index (χ0v) is 13.3.